The Morgan fingerprint density at radius 3 is 2.55 bits per heavy atom. The largest absolute Gasteiger partial charge is 0.376 e. The lowest BCUT2D eigenvalue weighted by molar-refractivity contribution is 0.0806. The quantitative estimate of drug-likeness (QED) is 0.891. The summed E-state index contributed by atoms with van der Waals surface area (Å²) < 4.78 is 18.7. The highest BCUT2D eigenvalue weighted by Crippen LogP contribution is 2.27. The van der Waals surface area contributed by atoms with E-state index in [4.69, 9.17) is 4.74 Å². The fraction of sp³-hybridized carbons (Fsp3) is 0.533. The van der Waals surface area contributed by atoms with Gasteiger partial charge in [0.15, 0.2) is 0 Å². The lowest BCUT2D eigenvalue weighted by Gasteiger charge is -2.25. The van der Waals surface area contributed by atoms with Crippen LogP contribution >= 0.6 is 0 Å². The highest BCUT2D eigenvalue weighted by atomic mass is 19.1. The van der Waals surface area contributed by atoms with E-state index in [9.17, 15) is 9.18 Å². The SMILES string of the molecule is CC(C)NC(=O)NC(c1ccc(F)cc1)C1CCCO1. The van der Waals surface area contributed by atoms with Gasteiger partial charge in [0, 0.05) is 12.6 Å². The molecule has 0 aliphatic carbocycles. The molecular formula is C15H21FN2O2. The average Bonchev–Trinajstić information content (AvgIpc) is 2.90. The molecular weight excluding hydrogens is 259 g/mol. The predicted octanol–water partition coefficient (Wildman–Crippen LogP) is 2.75. The summed E-state index contributed by atoms with van der Waals surface area (Å²) in [5.74, 6) is -0.286. The van der Waals surface area contributed by atoms with Gasteiger partial charge in [-0.15, -0.1) is 0 Å². The van der Waals surface area contributed by atoms with Crippen molar-refractivity contribution in [2.75, 3.05) is 6.61 Å². The molecule has 0 saturated carbocycles. The summed E-state index contributed by atoms with van der Waals surface area (Å²) in [6, 6.07) is 5.77. The van der Waals surface area contributed by atoms with E-state index in [0.717, 1.165) is 18.4 Å². The van der Waals surface area contributed by atoms with Crippen LogP contribution in [0.5, 0.6) is 0 Å². The first kappa shape index (κ1) is 14.8. The van der Waals surface area contributed by atoms with E-state index in [2.05, 4.69) is 10.6 Å². The molecule has 0 aromatic heterocycles. The van der Waals surface area contributed by atoms with Gasteiger partial charge in [0.05, 0.1) is 12.1 Å². The second-order valence-corrected chi connectivity index (χ2v) is 5.35. The van der Waals surface area contributed by atoms with Gasteiger partial charge in [0.25, 0.3) is 0 Å². The number of carbonyl (C=O) groups is 1. The summed E-state index contributed by atoms with van der Waals surface area (Å²) in [6.45, 7) is 4.51. The minimum atomic E-state index is -0.286. The number of halogens is 1. The highest BCUT2D eigenvalue weighted by molar-refractivity contribution is 5.74. The number of amides is 2. The van der Waals surface area contributed by atoms with Crippen molar-refractivity contribution in [1.82, 2.24) is 10.6 Å². The van der Waals surface area contributed by atoms with Gasteiger partial charge in [-0.2, -0.15) is 0 Å². The Labute approximate surface area is 118 Å². The predicted molar refractivity (Wildman–Crippen MR) is 74.9 cm³/mol. The van der Waals surface area contributed by atoms with Gasteiger partial charge in [-0.1, -0.05) is 12.1 Å². The summed E-state index contributed by atoms with van der Waals surface area (Å²) in [5, 5.41) is 5.73. The molecule has 2 rings (SSSR count). The van der Waals surface area contributed by atoms with Gasteiger partial charge in [0.2, 0.25) is 0 Å². The van der Waals surface area contributed by atoms with Gasteiger partial charge >= 0.3 is 6.03 Å². The van der Waals surface area contributed by atoms with E-state index in [0.29, 0.717) is 6.61 Å². The Kier molecular flexibility index (Phi) is 4.95. The first-order chi connectivity index (χ1) is 9.56. The smallest absolute Gasteiger partial charge is 0.315 e. The monoisotopic (exact) mass is 280 g/mol. The first-order valence-corrected chi connectivity index (χ1v) is 7.00. The molecule has 0 radical (unpaired) electrons. The van der Waals surface area contributed by atoms with Crippen molar-refractivity contribution in [3.05, 3.63) is 35.6 Å². The van der Waals surface area contributed by atoms with Crippen LogP contribution in [-0.2, 0) is 4.74 Å². The van der Waals surface area contributed by atoms with Crippen LogP contribution in [0.3, 0.4) is 0 Å². The van der Waals surface area contributed by atoms with Crippen molar-refractivity contribution < 1.29 is 13.9 Å². The van der Waals surface area contributed by atoms with E-state index < -0.39 is 0 Å². The van der Waals surface area contributed by atoms with E-state index in [1.165, 1.54) is 12.1 Å². The van der Waals surface area contributed by atoms with Crippen LogP contribution in [0.25, 0.3) is 0 Å². The van der Waals surface area contributed by atoms with Gasteiger partial charge in [-0.05, 0) is 44.4 Å². The molecule has 2 N–H and O–H groups in total. The third kappa shape index (κ3) is 3.93. The number of hydrogen-bond donors (Lipinski definition) is 2. The highest BCUT2D eigenvalue weighted by Gasteiger charge is 2.28. The molecule has 1 aromatic rings. The third-order valence-corrected chi connectivity index (χ3v) is 3.27. The summed E-state index contributed by atoms with van der Waals surface area (Å²) in [4.78, 5) is 11.9. The fourth-order valence-electron chi connectivity index (χ4n) is 2.37. The molecule has 20 heavy (non-hydrogen) atoms. The maximum Gasteiger partial charge on any atom is 0.315 e. The van der Waals surface area contributed by atoms with Crippen molar-refractivity contribution in [2.45, 2.75) is 44.9 Å². The second kappa shape index (κ2) is 6.70. The Morgan fingerprint density at radius 2 is 2.00 bits per heavy atom. The van der Waals surface area contributed by atoms with Crippen molar-refractivity contribution >= 4 is 6.03 Å². The summed E-state index contributed by atoms with van der Waals surface area (Å²) in [5.41, 5.74) is 0.859. The molecule has 1 fully saturated rings. The molecule has 0 spiro atoms. The summed E-state index contributed by atoms with van der Waals surface area (Å²) in [6.07, 6.45) is 1.82. The molecule has 2 atom stereocenters. The molecule has 4 nitrogen and oxygen atoms in total. The Bertz CT molecular complexity index is 442. The number of rotatable bonds is 4. The van der Waals surface area contributed by atoms with Gasteiger partial charge in [-0.25, -0.2) is 9.18 Å². The standard InChI is InChI=1S/C15H21FN2O2/c1-10(2)17-15(19)18-14(13-4-3-9-20-13)11-5-7-12(16)8-6-11/h5-8,10,13-14H,3-4,9H2,1-2H3,(H2,17,18,19). The van der Waals surface area contributed by atoms with E-state index >= 15 is 0 Å². The molecule has 2 unspecified atom stereocenters. The first-order valence-electron chi connectivity index (χ1n) is 7.00. The number of nitrogens with one attached hydrogen (secondary N) is 2. The zero-order valence-electron chi connectivity index (χ0n) is 11.9. The summed E-state index contributed by atoms with van der Waals surface area (Å²) in [7, 11) is 0. The van der Waals surface area contributed by atoms with Crippen LogP contribution in [0, 0.1) is 5.82 Å². The topological polar surface area (TPSA) is 50.4 Å². The molecule has 2 amide bonds. The molecule has 1 heterocycles. The Balaban J connectivity index is 2.11. The van der Waals surface area contributed by atoms with E-state index in [1.807, 2.05) is 13.8 Å². The van der Waals surface area contributed by atoms with Crippen LogP contribution in [-0.4, -0.2) is 24.8 Å². The van der Waals surface area contributed by atoms with Crippen molar-refractivity contribution in [2.24, 2.45) is 0 Å². The van der Waals surface area contributed by atoms with Crippen LogP contribution in [0.15, 0.2) is 24.3 Å². The van der Waals surface area contributed by atoms with Gasteiger partial charge < -0.3 is 15.4 Å². The Hall–Kier alpha value is -1.62. The average molecular weight is 280 g/mol. The minimum absolute atomic E-state index is 0.0571. The lowest BCUT2D eigenvalue weighted by atomic mass is 9.99. The fourth-order valence-corrected chi connectivity index (χ4v) is 2.37. The van der Waals surface area contributed by atoms with Crippen molar-refractivity contribution in [1.29, 1.82) is 0 Å². The van der Waals surface area contributed by atoms with Gasteiger partial charge in [-0.3, -0.25) is 0 Å². The summed E-state index contributed by atoms with van der Waals surface area (Å²) >= 11 is 0. The molecule has 5 heteroatoms. The van der Waals surface area contributed by atoms with Crippen LogP contribution in [0.4, 0.5) is 9.18 Å². The maximum atomic E-state index is 13.0. The number of ether oxygens (including phenoxy) is 1. The molecule has 110 valence electrons. The van der Waals surface area contributed by atoms with E-state index in [1.54, 1.807) is 12.1 Å². The molecule has 1 aromatic carbocycles. The normalized spacial score (nSPS) is 19.9. The van der Waals surface area contributed by atoms with Crippen LogP contribution < -0.4 is 10.6 Å². The lowest BCUT2D eigenvalue weighted by Crippen LogP contribution is -2.44. The zero-order chi connectivity index (χ0) is 14.5. The van der Waals surface area contributed by atoms with Crippen LogP contribution in [0.2, 0.25) is 0 Å². The molecule has 1 aliphatic heterocycles. The van der Waals surface area contributed by atoms with Crippen molar-refractivity contribution in [3.63, 3.8) is 0 Å². The number of benzene rings is 1. The molecule has 1 aliphatic rings. The Morgan fingerprint density at radius 1 is 1.30 bits per heavy atom. The zero-order valence-corrected chi connectivity index (χ0v) is 11.9. The van der Waals surface area contributed by atoms with Crippen molar-refractivity contribution in [3.8, 4) is 0 Å². The molecule has 0 bridgehead atoms. The van der Waals surface area contributed by atoms with E-state index in [-0.39, 0.29) is 30.0 Å². The van der Waals surface area contributed by atoms with Gasteiger partial charge in [0.1, 0.15) is 5.82 Å². The number of hydrogen-bond acceptors (Lipinski definition) is 2. The van der Waals surface area contributed by atoms with Crippen LogP contribution in [0.1, 0.15) is 38.3 Å². The third-order valence-electron chi connectivity index (χ3n) is 3.27. The number of carbonyl (C=O) groups excluding carboxylic acids is 1. The molecule has 1 saturated heterocycles. The second-order valence-electron chi connectivity index (χ2n) is 5.35. The maximum absolute atomic E-state index is 13.0. The minimum Gasteiger partial charge on any atom is -0.376 e. The number of urea groups is 1.